The summed E-state index contributed by atoms with van der Waals surface area (Å²) in [6, 6.07) is 8.53. The van der Waals surface area contributed by atoms with Crippen LogP contribution in [0.5, 0.6) is 0 Å². The molecule has 1 saturated heterocycles. The fourth-order valence-corrected chi connectivity index (χ4v) is 3.84. The summed E-state index contributed by atoms with van der Waals surface area (Å²) in [4.78, 5) is 14.2. The van der Waals surface area contributed by atoms with Gasteiger partial charge in [0.2, 0.25) is 0 Å². The van der Waals surface area contributed by atoms with Crippen LogP contribution in [0, 0.1) is 17.5 Å². The fourth-order valence-electron chi connectivity index (χ4n) is 3.84. The second-order valence-corrected chi connectivity index (χ2v) is 7.56. The summed E-state index contributed by atoms with van der Waals surface area (Å²) in [7, 11) is 0. The molecule has 31 heavy (non-hydrogen) atoms. The van der Waals surface area contributed by atoms with E-state index in [1.165, 1.54) is 36.5 Å². The van der Waals surface area contributed by atoms with Crippen LogP contribution in [-0.4, -0.2) is 44.9 Å². The minimum Gasteiger partial charge on any atom is -0.395 e. The quantitative estimate of drug-likeness (QED) is 0.629. The molecule has 2 aromatic carbocycles. The highest BCUT2D eigenvalue weighted by Gasteiger charge is 2.33. The monoisotopic (exact) mass is 430 g/mol. The van der Waals surface area contributed by atoms with E-state index in [0.29, 0.717) is 24.2 Å². The molecule has 0 unspecified atom stereocenters. The third kappa shape index (κ3) is 4.78. The number of carbonyl (C=O) groups excluding carboxylic acids is 1. The summed E-state index contributed by atoms with van der Waals surface area (Å²) in [6.45, 7) is 0.628. The first-order valence-electron chi connectivity index (χ1n) is 9.83. The molecule has 0 spiro atoms. The number of aliphatic hydroxyl groups excluding tert-OH is 1. The Morgan fingerprint density at radius 3 is 2.71 bits per heavy atom. The van der Waals surface area contributed by atoms with Gasteiger partial charge in [-0.25, -0.2) is 13.2 Å². The molecule has 0 saturated carbocycles. The zero-order valence-electron chi connectivity index (χ0n) is 16.5. The second-order valence-electron chi connectivity index (χ2n) is 7.56. The molecule has 1 aromatic heterocycles. The predicted octanol–water partition coefficient (Wildman–Crippen LogP) is 3.36. The molecule has 162 valence electrons. The molecule has 9 heteroatoms. The molecule has 0 radical (unpaired) electrons. The van der Waals surface area contributed by atoms with Crippen LogP contribution in [0.3, 0.4) is 0 Å². The van der Waals surface area contributed by atoms with Crippen LogP contribution in [0.1, 0.15) is 28.4 Å². The molecule has 2 heterocycles. The Kier molecular flexibility index (Phi) is 6.06. The van der Waals surface area contributed by atoms with Crippen LogP contribution >= 0.6 is 0 Å². The van der Waals surface area contributed by atoms with Gasteiger partial charge >= 0.3 is 0 Å². The Bertz CT molecular complexity index is 1090. The predicted molar refractivity (Wildman–Crippen MR) is 108 cm³/mol. The van der Waals surface area contributed by atoms with E-state index in [-0.39, 0.29) is 30.8 Å². The van der Waals surface area contributed by atoms with Crippen LogP contribution in [0.25, 0.3) is 0 Å². The van der Waals surface area contributed by atoms with Crippen LogP contribution < -0.4 is 5.32 Å². The second kappa shape index (κ2) is 8.91. The van der Waals surface area contributed by atoms with Gasteiger partial charge in [0, 0.05) is 42.5 Å². The van der Waals surface area contributed by atoms with E-state index in [0.717, 1.165) is 12.1 Å². The van der Waals surface area contributed by atoms with Crippen molar-refractivity contribution in [1.82, 2.24) is 14.7 Å². The van der Waals surface area contributed by atoms with Gasteiger partial charge in [0.1, 0.15) is 17.5 Å². The van der Waals surface area contributed by atoms with E-state index in [1.54, 1.807) is 10.9 Å². The van der Waals surface area contributed by atoms with E-state index < -0.39 is 23.4 Å². The van der Waals surface area contributed by atoms with E-state index in [1.807, 2.05) is 4.90 Å². The van der Waals surface area contributed by atoms with Crippen LogP contribution in [0.4, 0.5) is 18.9 Å². The Balaban J connectivity index is 1.43. The summed E-state index contributed by atoms with van der Waals surface area (Å²) >= 11 is 0. The highest BCUT2D eigenvalue weighted by atomic mass is 19.1. The van der Waals surface area contributed by atoms with Crippen molar-refractivity contribution in [2.75, 3.05) is 18.5 Å². The first-order valence-corrected chi connectivity index (χ1v) is 9.83. The number of halogens is 3. The number of aliphatic hydroxyl groups is 1. The number of aromatic nitrogens is 2. The lowest BCUT2D eigenvalue weighted by Crippen LogP contribution is -2.32. The van der Waals surface area contributed by atoms with Crippen molar-refractivity contribution in [3.8, 4) is 0 Å². The molecule has 1 amide bonds. The van der Waals surface area contributed by atoms with Crippen LogP contribution in [0.15, 0.2) is 54.9 Å². The maximum absolute atomic E-state index is 14.0. The molecule has 2 N–H and O–H groups in total. The van der Waals surface area contributed by atoms with E-state index in [9.17, 15) is 23.1 Å². The van der Waals surface area contributed by atoms with Crippen LogP contribution in [-0.2, 0) is 6.54 Å². The van der Waals surface area contributed by atoms with Crippen molar-refractivity contribution in [1.29, 1.82) is 0 Å². The average molecular weight is 430 g/mol. The number of amides is 1. The maximum Gasteiger partial charge on any atom is 0.255 e. The van der Waals surface area contributed by atoms with E-state index in [4.69, 9.17) is 0 Å². The lowest BCUT2D eigenvalue weighted by atomic mass is 10.1. The van der Waals surface area contributed by atoms with Gasteiger partial charge in [-0.1, -0.05) is 12.1 Å². The minimum absolute atomic E-state index is 0.0968. The number of hydrogen-bond donors (Lipinski definition) is 2. The highest BCUT2D eigenvalue weighted by Crippen LogP contribution is 2.29. The third-order valence-electron chi connectivity index (χ3n) is 5.43. The lowest BCUT2D eigenvalue weighted by Gasteiger charge is -2.22. The topological polar surface area (TPSA) is 70.4 Å². The number of carbonyl (C=O) groups is 1. The molecule has 6 nitrogen and oxygen atoms in total. The number of nitrogens with zero attached hydrogens (tertiary/aromatic N) is 3. The van der Waals surface area contributed by atoms with Crippen molar-refractivity contribution in [3.05, 3.63) is 83.4 Å². The summed E-state index contributed by atoms with van der Waals surface area (Å²) in [6.07, 6.45) is 3.74. The minimum atomic E-state index is -0.636. The molecule has 4 rings (SSSR count). The molecule has 3 aromatic rings. The first kappa shape index (κ1) is 21.1. The molecule has 0 aliphatic carbocycles. The number of anilines is 1. The summed E-state index contributed by atoms with van der Waals surface area (Å²) < 4.78 is 42.2. The summed E-state index contributed by atoms with van der Waals surface area (Å²) in [5.41, 5.74) is 1.00. The Labute approximate surface area is 176 Å². The first-order chi connectivity index (χ1) is 14.9. The van der Waals surface area contributed by atoms with Gasteiger partial charge in [-0.05, 0) is 30.7 Å². The van der Waals surface area contributed by atoms with Crippen molar-refractivity contribution in [3.63, 3.8) is 0 Å². The largest absolute Gasteiger partial charge is 0.395 e. The molecule has 1 aliphatic rings. The van der Waals surface area contributed by atoms with Gasteiger partial charge in [-0.3, -0.25) is 14.4 Å². The third-order valence-corrected chi connectivity index (χ3v) is 5.43. The SMILES string of the molecule is O=C(Nc1cnn([C@H]2C[C@@H](CO)N(Cc3ccc(F)cc3F)C2)c1)c1cccc(F)c1. The molecule has 1 fully saturated rings. The number of rotatable bonds is 6. The number of benzene rings is 2. The lowest BCUT2D eigenvalue weighted by molar-refractivity contribution is 0.102. The molecule has 2 atom stereocenters. The van der Waals surface area contributed by atoms with Gasteiger partial charge in [0.15, 0.2) is 0 Å². The highest BCUT2D eigenvalue weighted by molar-refractivity contribution is 6.04. The molecule has 0 bridgehead atoms. The Morgan fingerprint density at radius 2 is 1.97 bits per heavy atom. The van der Waals surface area contributed by atoms with Crippen molar-refractivity contribution >= 4 is 11.6 Å². The summed E-state index contributed by atoms with van der Waals surface area (Å²) in [5.74, 6) is -2.21. The normalized spacial score (nSPS) is 19.0. The Morgan fingerprint density at radius 1 is 1.16 bits per heavy atom. The maximum atomic E-state index is 14.0. The van der Waals surface area contributed by atoms with Gasteiger partial charge in [0.05, 0.1) is 24.5 Å². The number of nitrogens with one attached hydrogen (secondary N) is 1. The van der Waals surface area contributed by atoms with Crippen molar-refractivity contribution in [2.45, 2.75) is 25.0 Å². The average Bonchev–Trinajstić information content (AvgIpc) is 3.36. The molecular weight excluding hydrogens is 409 g/mol. The van der Waals surface area contributed by atoms with E-state index >= 15 is 0 Å². The zero-order chi connectivity index (χ0) is 22.0. The molecular formula is C22H21F3N4O2. The fraction of sp³-hybridized carbons (Fsp3) is 0.273. The number of likely N-dealkylation sites (tertiary alicyclic amines) is 1. The van der Waals surface area contributed by atoms with Crippen molar-refractivity contribution < 1.29 is 23.1 Å². The standard InChI is InChI=1S/C22H21F3N4O2/c23-16-3-1-2-14(6-16)22(31)27-18-9-26-29(11-18)19-8-20(13-30)28(12-19)10-15-4-5-17(24)7-21(15)25/h1-7,9,11,19-20,30H,8,10,12-13H2,(H,27,31)/t19-,20-/m0/s1. The van der Waals surface area contributed by atoms with Crippen LogP contribution in [0.2, 0.25) is 0 Å². The smallest absolute Gasteiger partial charge is 0.255 e. The number of hydrogen-bond acceptors (Lipinski definition) is 4. The van der Waals surface area contributed by atoms with Gasteiger partial charge in [-0.15, -0.1) is 0 Å². The summed E-state index contributed by atoms with van der Waals surface area (Å²) in [5, 5.41) is 16.7. The van der Waals surface area contributed by atoms with Gasteiger partial charge in [0.25, 0.3) is 5.91 Å². The van der Waals surface area contributed by atoms with Gasteiger partial charge in [-0.2, -0.15) is 5.10 Å². The molecule has 1 aliphatic heterocycles. The van der Waals surface area contributed by atoms with E-state index in [2.05, 4.69) is 10.4 Å². The van der Waals surface area contributed by atoms with Gasteiger partial charge < -0.3 is 10.4 Å². The Hall–Kier alpha value is -3.17. The zero-order valence-corrected chi connectivity index (χ0v) is 16.5. The van der Waals surface area contributed by atoms with Crippen molar-refractivity contribution in [2.24, 2.45) is 0 Å².